The lowest BCUT2D eigenvalue weighted by Gasteiger charge is -2.18. The van der Waals surface area contributed by atoms with Crippen molar-refractivity contribution in [2.24, 2.45) is 0 Å². The lowest BCUT2D eigenvalue weighted by Crippen LogP contribution is -2.30. The third kappa shape index (κ3) is 47.5. The molecule has 0 aromatic carbocycles. The van der Waals surface area contributed by atoms with Crippen LogP contribution in [0, 0.1) is 0 Å². The molecule has 0 amide bonds. The number of esters is 3. The Bertz CT molecular complexity index is 1200. The molecule has 6 heteroatoms. The first-order valence-corrected chi connectivity index (χ1v) is 25.1. The number of hydrogen-bond acceptors (Lipinski definition) is 6. The van der Waals surface area contributed by atoms with E-state index in [1.165, 1.54) is 77.0 Å². The van der Waals surface area contributed by atoms with Crippen molar-refractivity contribution in [3.63, 3.8) is 0 Å². The maximum atomic E-state index is 12.8. The Balaban J connectivity index is 4.46. The van der Waals surface area contributed by atoms with Gasteiger partial charge in [-0.25, -0.2) is 0 Å². The van der Waals surface area contributed by atoms with Crippen molar-refractivity contribution in [3.8, 4) is 0 Å². The Morgan fingerprint density at radius 3 is 1.10 bits per heavy atom. The van der Waals surface area contributed by atoms with Crippen LogP contribution in [0.1, 0.15) is 226 Å². The van der Waals surface area contributed by atoms with Gasteiger partial charge >= 0.3 is 17.9 Å². The molecule has 0 heterocycles. The monoisotopic (exact) mass is 849 g/mol. The Morgan fingerprint density at radius 2 is 0.656 bits per heavy atom. The summed E-state index contributed by atoms with van der Waals surface area (Å²) >= 11 is 0. The van der Waals surface area contributed by atoms with E-state index in [2.05, 4.69) is 106 Å². The van der Waals surface area contributed by atoms with E-state index in [-0.39, 0.29) is 37.5 Å². The van der Waals surface area contributed by atoms with E-state index in [1.54, 1.807) is 0 Å². The normalized spacial score (nSPS) is 12.8. The van der Waals surface area contributed by atoms with E-state index in [1.807, 2.05) is 0 Å². The van der Waals surface area contributed by atoms with E-state index in [0.29, 0.717) is 19.3 Å². The summed E-state index contributed by atoms with van der Waals surface area (Å²) in [5.74, 6) is -0.963. The number of ether oxygens (including phenoxy) is 3. The van der Waals surface area contributed by atoms with Crippen LogP contribution in [0.15, 0.2) is 85.1 Å². The molecule has 0 rings (SSSR count). The minimum absolute atomic E-state index is 0.101. The van der Waals surface area contributed by atoms with Gasteiger partial charge in [0.25, 0.3) is 0 Å². The molecule has 0 fully saturated rings. The van der Waals surface area contributed by atoms with Gasteiger partial charge in [0.15, 0.2) is 6.10 Å². The predicted octanol–water partition coefficient (Wildman–Crippen LogP) is 16.4. The maximum Gasteiger partial charge on any atom is 0.306 e. The zero-order valence-electron chi connectivity index (χ0n) is 39.7. The van der Waals surface area contributed by atoms with Gasteiger partial charge in [-0.3, -0.25) is 14.4 Å². The molecule has 0 N–H and O–H groups in total. The fourth-order valence-electron chi connectivity index (χ4n) is 6.56. The molecular weight excluding hydrogens is 757 g/mol. The zero-order valence-corrected chi connectivity index (χ0v) is 39.7. The molecule has 0 spiro atoms. The molecule has 0 aromatic heterocycles. The standard InChI is InChI=1S/C55H92O6/c1-4-7-10-13-16-19-22-24-26-27-29-30-33-36-39-42-45-48-54(57)60-51-52(50-59-53(56)47-44-41-38-35-32-21-18-15-12-9-6-3)61-55(58)49-46-43-40-37-34-31-28-25-23-20-17-14-11-8-5-2/h8,11,15-20,24-26,28,34,37,52H,4-7,9-10,12-14,21-23,27,29-33,35-36,38-51H2,1-3H3/b11-8-,18-15-,19-16-,20-17-,26-24-,28-25-,37-34-. The van der Waals surface area contributed by atoms with Crippen LogP contribution in [-0.2, 0) is 28.6 Å². The highest BCUT2D eigenvalue weighted by atomic mass is 16.6. The molecule has 0 saturated heterocycles. The molecule has 348 valence electrons. The summed E-state index contributed by atoms with van der Waals surface area (Å²) in [6.07, 6.45) is 62.8. The van der Waals surface area contributed by atoms with Crippen molar-refractivity contribution < 1.29 is 28.6 Å². The molecule has 0 aliphatic rings. The quantitative estimate of drug-likeness (QED) is 0.0263. The second-order valence-corrected chi connectivity index (χ2v) is 16.3. The summed E-state index contributed by atoms with van der Waals surface area (Å²) in [7, 11) is 0. The highest BCUT2D eigenvalue weighted by molar-refractivity contribution is 5.71. The molecule has 0 saturated carbocycles. The van der Waals surface area contributed by atoms with Crippen LogP contribution < -0.4 is 0 Å². The Labute approximate surface area is 375 Å². The van der Waals surface area contributed by atoms with E-state index in [4.69, 9.17) is 14.2 Å². The van der Waals surface area contributed by atoms with Crippen LogP contribution in [0.2, 0.25) is 0 Å². The van der Waals surface area contributed by atoms with Gasteiger partial charge in [-0.15, -0.1) is 0 Å². The van der Waals surface area contributed by atoms with Crippen molar-refractivity contribution in [2.45, 2.75) is 232 Å². The molecule has 6 nitrogen and oxygen atoms in total. The van der Waals surface area contributed by atoms with Gasteiger partial charge in [-0.05, 0) is 109 Å². The fourth-order valence-corrected chi connectivity index (χ4v) is 6.56. The van der Waals surface area contributed by atoms with Crippen LogP contribution in [-0.4, -0.2) is 37.2 Å². The van der Waals surface area contributed by atoms with E-state index in [9.17, 15) is 14.4 Å². The van der Waals surface area contributed by atoms with Gasteiger partial charge in [-0.2, -0.15) is 0 Å². The summed E-state index contributed by atoms with van der Waals surface area (Å²) < 4.78 is 16.7. The number of allylic oxidation sites excluding steroid dienone is 14. The molecule has 1 atom stereocenters. The number of rotatable bonds is 44. The number of unbranched alkanes of at least 4 members (excludes halogenated alkanes) is 19. The topological polar surface area (TPSA) is 78.9 Å². The third-order valence-electron chi connectivity index (χ3n) is 10.4. The molecular formula is C55H92O6. The first-order chi connectivity index (χ1) is 30.0. The Morgan fingerprint density at radius 1 is 0.344 bits per heavy atom. The van der Waals surface area contributed by atoms with Crippen molar-refractivity contribution in [1.29, 1.82) is 0 Å². The van der Waals surface area contributed by atoms with Crippen molar-refractivity contribution >= 4 is 17.9 Å². The minimum atomic E-state index is -0.804. The van der Waals surface area contributed by atoms with E-state index >= 15 is 0 Å². The summed E-state index contributed by atoms with van der Waals surface area (Å²) in [5, 5.41) is 0. The second-order valence-electron chi connectivity index (χ2n) is 16.3. The summed E-state index contributed by atoms with van der Waals surface area (Å²) in [6.45, 7) is 6.40. The number of hydrogen-bond donors (Lipinski definition) is 0. The van der Waals surface area contributed by atoms with Gasteiger partial charge in [0, 0.05) is 19.3 Å². The second kappa shape index (κ2) is 49.2. The largest absolute Gasteiger partial charge is 0.462 e. The number of carbonyl (C=O) groups excluding carboxylic acids is 3. The molecule has 61 heavy (non-hydrogen) atoms. The summed E-state index contributed by atoms with van der Waals surface area (Å²) in [6, 6.07) is 0. The SMILES string of the molecule is CC/C=C\C/C=C\C/C=C\C/C=C\CCCCC(=O)OC(COC(=O)CCCCCCC/C=C\CCCC)COC(=O)CCCCCCCCC/C=C\C/C=C\CCCCC. The lowest BCUT2D eigenvalue weighted by molar-refractivity contribution is -0.167. The smallest absolute Gasteiger partial charge is 0.306 e. The molecule has 0 bridgehead atoms. The van der Waals surface area contributed by atoms with E-state index in [0.717, 1.165) is 103 Å². The van der Waals surface area contributed by atoms with Crippen molar-refractivity contribution in [3.05, 3.63) is 85.1 Å². The van der Waals surface area contributed by atoms with Gasteiger partial charge in [-0.1, -0.05) is 183 Å². The zero-order chi connectivity index (χ0) is 44.4. The maximum absolute atomic E-state index is 12.8. The third-order valence-corrected chi connectivity index (χ3v) is 10.4. The fraction of sp³-hybridized carbons (Fsp3) is 0.691. The van der Waals surface area contributed by atoms with Crippen LogP contribution in [0.4, 0.5) is 0 Å². The predicted molar refractivity (Wildman–Crippen MR) is 261 cm³/mol. The Hall–Kier alpha value is -3.41. The molecule has 0 aliphatic heterocycles. The summed E-state index contributed by atoms with van der Waals surface area (Å²) in [4.78, 5) is 37.9. The lowest BCUT2D eigenvalue weighted by atomic mass is 10.1. The summed E-state index contributed by atoms with van der Waals surface area (Å²) in [5.41, 5.74) is 0. The average molecular weight is 849 g/mol. The molecule has 0 aromatic rings. The van der Waals surface area contributed by atoms with Gasteiger partial charge in [0.05, 0.1) is 0 Å². The van der Waals surface area contributed by atoms with Gasteiger partial charge in [0.2, 0.25) is 0 Å². The first-order valence-electron chi connectivity index (χ1n) is 25.1. The first kappa shape index (κ1) is 57.6. The van der Waals surface area contributed by atoms with Gasteiger partial charge in [0.1, 0.15) is 13.2 Å². The number of carbonyl (C=O) groups is 3. The molecule has 0 aliphatic carbocycles. The Kier molecular flexibility index (Phi) is 46.5. The average Bonchev–Trinajstić information content (AvgIpc) is 3.26. The van der Waals surface area contributed by atoms with Crippen LogP contribution in [0.5, 0.6) is 0 Å². The van der Waals surface area contributed by atoms with Crippen molar-refractivity contribution in [2.75, 3.05) is 13.2 Å². The highest BCUT2D eigenvalue weighted by Gasteiger charge is 2.19. The highest BCUT2D eigenvalue weighted by Crippen LogP contribution is 2.13. The van der Waals surface area contributed by atoms with Crippen LogP contribution >= 0.6 is 0 Å². The van der Waals surface area contributed by atoms with Gasteiger partial charge < -0.3 is 14.2 Å². The van der Waals surface area contributed by atoms with Crippen molar-refractivity contribution in [1.82, 2.24) is 0 Å². The van der Waals surface area contributed by atoms with Crippen LogP contribution in [0.3, 0.4) is 0 Å². The minimum Gasteiger partial charge on any atom is -0.462 e. The van der Waals surface area contributed by atoms with E-state index < -0.39 is 6.10 Å². The van der Waals surface area contributed by atoms with Crippen LogP contribution in [0.25, 0.3) is 0 Å². The molecule has 1 unspecified atom stereocenters. The molecule has 0 radical (unpaired) electrons.